The molecule has 0 aliphatic carbocycles. The Labute approximate surface area is 249 Å². The molecule has 1 saturated heterocycles. The van der Waals surface area contributed by atoms with Crippen molar-refractivity contribution in [3.05, 3.63) is 107 Å². The number of ether oxygens (including phenoxy) is 1. The number of benzene rings is 3. The van der Waals surface area contributed by atoms with Gasteiger partial charge in [-0.25, -0.2) is 14.6 Å². The molecule has 1 atom stereocenters. The summed E-state index contributed by atoms with van der Waals surface area (Å²) in [6.07, 6.45) is 3.94. The molecule has 0 saturated carbocycles. The Morgan fingerprint density at radius 1 is 1.07 bits per heavy atom. The number of amides is 1. The molecule has 1 aliphatic heterocycles. The van der Waals surface area contributed by atoms with Crippen molar-refractivity contribution in [1.82, 2.24) is 24.6 Å². The highest BCUT2D eigenvalue weighted by molar-refractivity contribution is 6.05. The summed E-state index contributed by atoms with van der Waals surface area (Å²) in [5.74, 6) is 0.588. The first-order valence-electron chi connectivity index (χ1n) is 14.2. The number of nitrogens with two attached hydrogens (primary N) is 1. The molecule has 5 aromatic rings. The number of carbonyl (C=O) groups is 1. The predicted molar refractivity (Wildman–Crippen MR) is 168 cm³/mol. The monoisotopic (exact) mass is 575 g/mol. The number of rotatable bonds is 8. The maximum atomic E-state index is 13.2. The summed E-state index contributed by atoms with van der Waals surface area (Å²) >= 11 is 0. The third-order valence-electron chi connectivity index (χ3n) is 7.74. The van der Waals surface area contributed by atoms with Gasteiger partial charge in [0.25, 0.3) is 11.5 Å². The Morgan fingerprint density at radius 2 is 1.86 bits per heavy atom. The number of nitrogens with zero attached hydrogens (tertiary/aromatic N) is 4. The van der Waals surface area contributed by atoms with E-state index in [0.717, 1.165) is 29.8 Å². The quantitative estimate of drug-likeness (QED) is 0.247. The third kappa shape index (κ3) is 5.77. The van der Waals surface area contributed by atoms with Crippen LogP contribution in [0.2, 0.25) is 0 Å². The van der Waals surface area contributed by atoms with E-state index in [2.05, 4.69) is 15.6 Å². The molecule has 10 nitrogen and oxygen atoms in total. The number of hydrogen-bond donors (Lipinski definition) is 3. The van der Waals surface area contributed by atoms with Crippen LogP contribution in [0.4, 0.5) is 11.5 Å². The van der Waals surface area contributed by atoms with Gasteiger partial charge >= 0.3 is 0 Å². The summed E-state index contributed by atoms with van der Waals surface area (Å²) in [6.45, 7) is 3.41. The van der Waals surface area contributed by atoms with Crippen molar-refractivity contribution in [2.24, 2.45) is 7.05 Å². The molecule has 0 bridgehead atoms. The van der Waals surface area contributed by atoms with Crippen LogP contribution in [0, 0.1) is 6.92 Å². The summed E-state index contributed by atoms with van der Waals surface area (Å²) in [7, 11) is 1.76. The molecule has 1 unspecified atom stereocenters. The highest BCUT2D eigenvalue weighted by Gasteiger charge is 2.22. The van der Waals surface area contributed by atoms with Crippen molar-refractivity contribution in [2.45, 2.75) is 25.8 Å². The molecular formula is C33H33N7O3. The number of nitrogen functional groups attached to an aromatic ring is 1. The normalized spacial score (nSPS) is 14.5. The van der Waals surface area contributed by atoms with Gasteiger partial charge in [-0.15, -0.1) is 0 Å². The van der Waals surface area contributed by atoms with Crippen molar-refractivity contribution in [3.8, 4) is 34.0 Å². The highest BCUT2D eigenvalue weighted by Crippen LogP contribution is 2.29. The molecule has 1 amide bonds. The second-order valence-electron chi connectivity index (χ2n) is 10.6. The Morgan fingerprint density at radius 3 is 2.60 bits per heavy atom. The van der Waals surface area contributed by atoms with Crippen LogP contribution in [0.5, 0.6) is 5.75 Å². The lowest BCUT2D eigenvalue weighted by atomic mass is 10.1. The van der Waals surface area contributed by atoms with Gasteiger partial charge in [-0.05, 0) is 62.7 Å². The van der Waals surface area contributed by atoms with Gasteiger partial charge in [0.15, 0.2) is 0 Å². The van der Waals surface area contributed by atoms with Gasteiger partial charge in [0.2, 0.25) is 0 Å². The zero-order valence-electron chi connectivity index (χ0n) is 24.1. The van der Waals surface area contributed by atoms with Crippen LogP contribution >= 0.6 is 0 Å². The second-order valence-corrected chi connectivity index (χ2v) is 10.6. The molecule has 0 radical (unpaired) electrons. The van der Waals surface area contributed by atoms with Crippen LogP contribution in [-0.2, 0) is 7.05 Å². The average molecular weight is 576 g/mol. The van der Waals surface area contributed by atoms with Crippen LogP contribution in [0.25, 0.3) is 28.2 Å². The molecule has 4 N–H and O–H groups in total. The van der Waals surface area contributed by atoms with E-state index in [1.54, 1.807) is 37.0 Å². The minimum absolute atomic E-state index is 0.0870. The zero-order chi connectivity index (χ0) is 29.9. The minimum Gasteiger partial charge on any atom is -0.492 e. The highest BCUT2D eigenvalue weighted by atomic mass is 16.5. The molecule has 43 heavy (non-hydrogen) atoms. The number of para-hydroxylation sites is 1. The van der Waals surface area contributed by atoms with Gasteiger partial charge in [0.05, 0.1) is 23.3 Å². The van der Waals surface area contributed by atoms with E-state index in [1.807, 2.05) is 66.7 Å². The summed E-state index contributed by atoms with van der Waals surface area (Å²) in [5.41, 5.74) is 10.5. The maximum absolute atomic E-state index is 13.2. The summed E-state index contributed by atoms with van der Waals surface area (Å²) in [5, 5.41) is 6.29. The Balaban J connectivity index is 1.20. The first-order valence-corrected chi connectivity index (χ1v) is 14.2. The molecule has 3 aromatic carbocycles. The SMILES string of the molecule is Cc1c(C(=O)Nc2ccc(-c3nc(-c4cccc(OCC5CCCN5)c4)cnc3N)cc2)c(=O)n(-c2ccccc2)n1C. The fourth-order valence-electron chi connectivity index (χ4n) is 5.33. The van der Waals surface area contributed by atoms with E-state index in [4.69, 9.17) is 15.5 Å². The smallest absolute Gasteiger partial charge is 0.284 e. The van der Waals surface area contributed by atoms with Gasteiger partial charge in [-0.3, -0.25) is 14.3 Å². The van der Waals surface area contributed by atoms with E-state index in [9.17, 15) is 9.59 Å². The van der Waals surface area contributed by atoms with E-state index in [1.165, 1.54) is 11.1 Å². The number of hydrogen-bond acceptors (Lipinski definition) is 7. The lowest BCUT2D eigenvalue weighted by Gasteiger charge is -2.13. The number of aromatic nitrogens is 4. The lowest BCUT2D eigenvalue weighted by molar-refractivity contribution is 0.102. The Bertz CT molecular complexity index is 1820. The van der Waals surface area contributed by atoms with Crippen molar-refractivity contribution >= 4 is 17.4 Å². The fraction of sp³-hybridized carbons (Fsp3) is 0.212. The van der Waals surface area contributed by atoms with Crippen molar-refractivity contribution in [2.75, 3.05) is 24.2 Å². The van der Waals surface area contributed by atoms with Gasteiger partial charge < -0.3 is 21.1 Å². The van der Waals surface area contributed by atoms with Gasteiger partial charge in [0.1, 0.15) is 29.4 Å². The van der Waals surface area contributed by atoms with E-state index in [0.29, 0.717) is 46.9 Å². The zero-order valence-corrected chi connectivity index (χ0v) is 24.1. The van der Waals surface area contributed by atoms with Gasteiger partial charge in [0, 0.05) is 29.9 Å². The minimum atomic E-state index is -0.479. The fourth-order valence-corrected chi connectivity index (χ4v) is 5.33. The standard InChI is InChI=1S/C33H33N7O3/c1-21-29(33(42)40(39(21)2)26-10-4-3-5-11-26)32(41)37-24-15-13-22(14-16-24)30-31(34)36-19-28(38-30)23-8-6-12-27(18-23)43-20-25-9-7-17-35-25/h3-6,8,10-16,18-19,25,35H,7,9,17,20H2,1-2H3,(H2,34,36)(H,37,41). The number of anilines is 2. The molecule has 3 heterocycles. The Hall–Kier alpha value is -5.22. The third-order valence-corrected chi connectivity index (χ3v) is 7.74. The summed E-state index contributed by atoms with van der Waals surface area (Å²) in [6, 6.07) is 24.5. The average Bonchev–Trinajstić information content (AvgIpc) is 3.63. The van der Waals surface area contributed by atoms with Crippen LogP contribution in [0.3, 0.4) is 0 Å². The van der Waals surface area contributed by atoms with Crippen molar-refractivity contribution < 1.29 is 9.53 Å². The Kier molecular flexibility index (Phi) is 7.76. The van der Waals surface area contributed by atoms with Crippen molar-refractivity contribution in [3.63, 3.8) is 0 Å². The van der Waals surface area contributed by atoms with E-state index < -0.39 is 5.91 Å². The topological polar surface area (TPSA) is 129 Å². The van der Waals surface area contributed by atoms with Gasteiger partial charge in [-0.2, -0.15) is 0 Å². The maximum Gasteiger partial charge on any atom is 0.284 e. The molecule has 0 spiro atoms. The predicted octanol–water partition coefficient (Wildman–Crippen LogP) is 4.57. The molecule has 2 aromatic heterocycles. The largest absolute Gasteiger partial charge is 0.492 e. The first-order chi connectivity index (χ1) is 20.9. The van der Waals surface area contributed by atoms with E-state index >= 15 is 0 Å². The summed E-state index contributed by atoms with van der Waals surface area (Å²) in [4.78, 5) is 35.6. The van der Waals surface area contributed by atoms with Gasteiger partial charge in [-0.1, -0.05) is 42.5 Å². The second kappa shape index (κ2) is 11.9. The van der Waals surface area contributed by atoms with Crippen LogP contribution in [-0.4, -0.2) is 44.4 Å². The first kappa shape index (κ1) is 27.9. The summed E-state index contributed by atoms with van der Waals surface area (Å²) < 4.78 is 9.18. The molecular weight excluding hydrogens is 542 g/mol. The molecule has 218 valence electrons. The molecule has 1 fully saturated rings. The number of nitrogens with one attached hydrogen (secondary N) is 2. The molecule has 6 rings (SSSR count). The van der Waals surface area contributed by atoms with Crippen LogP contribution < -0.4 is 26.7 Å². The molecule has 1 aliphatic rings. The number of carbonyl (C=O) groups excluding carboxylic acids is 1. The van der Waals surface area contributed by atoms with Crippen LogP contribution in [0.1, 0.15) is 28.9 Å². The van der Waals surface area contributed by atoms with Crippen LogP contribution in [0.15, 0.2) is 89.9 Å². The lowest BCUT2D eigenvalue weighted by Crippen LogP contribution is -2.28. The van der Waals surface area contributed by atoms with Crippen molar-refractivity contribution in [1.29, 1.82) is 0 Å². The van der Waals surface area contributed by atoms with E-state index in [-0.39, 0.29) is 11.1 Å². The molecule has 10 heteroatoms.